The average Bonchev–Trinajstić information content (AvgIpc) is 3.35. The molecular weight excluding hydrogens is 390 g/mol. The summed E-state index contributed by atoms with van der Waals surface area (Å²) in [6.45, 7) is 2.12. The second-order valence-electron chi connectivity index (χ2n) is 6.45. The Morgan fingerprint density at radius 3 is 2.56 bits per heavy atom. The third-order valence-electron chi connectivity index (χ3n) is 4.57. The first-order valence-corrected chi connectivity index (χ1v) is 12.0. The van der Waals surface area contributed by atoms with Gasteiger partial charge in [-0.2, -0.15) is 0 Å². The molecule has 0 amide bonds. The van der Waals surface area contributed by atoms with Crippen molar-refractivity contribution in [3.05, 3.63) is 60.0 Å². The van der Waals surface area contributed by atoms with E-state index >= 15 is 0 Å². The van der Waals surface area contributed by atoms with Gasteiger partial charge in [0, 0.05) is 20.7 Å². The van der Waals surface area contributed by atoms with Gasteiger partial charge in [-0.1, -0.05) is 49.7 Å². The van der Waals surface area contributed by atoms with E-state index in [0.29, 0.717) is 11.4 Å². The maximum atomic E-state index is 12.8. The third kappa shape index (κ3) is 3.59. The van der Waals surface area contributed by atoms with E-state index in [1.165, 1.54) is 10.4 Å². The minimum Gasteiger partial charge on any atom is -0.397 e. The molecule has 5 heteroatoms. The highest BCUT2D eigenvalue weighted by molar-refractivity contribution is 7.87. The van der Waals surface area contributed by atoms with Crippen LogP contribution in [0.5, 0.6) is 0 Å². The van der Waals surface area contributed by atoms with Gasteiger partial charge < -0.3 is 5.73 Å². The van der Waals surface area contributed by atoms with Gasteiger partial charge in [0.1, 0.15) is 4.21 Å². The molecular formula is C22H21NOS3. The van der Waals surface area contributed by atoms with Gasteiger partial charge in [-0.25, -0.2) is 0 Å². The lowest BCUT2D eigenvalue weighted by atomic mass is 9.98. The fraction of sp³-hybridized carbons (Fsp3) is 0.182. The highest BCUT2D eigenvalue weighted by Crippen LogP contribution is 2.44. The van der Waals surface area contributed by atoms with Crippen LogP contribution in [0.2, 0.25) is 0 Å². The number of benzene rings is 2. The van der Waals surface area contributed by atoms with E-state index in [1.807, 2.05) is 18.2 Å². The lowest BCUT2D eigenvalue weighted by molar-refractivity contribution is 0.681. The Balaban J connectivity index is 1.95. The van der Waals surface area contributed by atoms with Gasteiger partial charge in [-0.3, -0.25) is 4.21 Å². The Labute approximate surface area is 170 Å². The summed E-state index contributed by atoms with van der Waals surface area (Å²) in [5.41, 5.74) is 10.7. The van der Waals surface area contributed by atoms with Crippen LogP contribution in [-0.2, 0) is 10.8 Å². The van der Waals surface area contributed by atoms with Crippen LogP contribution in [0.4, 0.5) is 5.69 Å². The Morgan fingerprint density at radius 2 is 1.85 bits per heavy atom. The lowest BCUT2D eigenvalue weighted by Gasteiger charge is -2.08. The zero-order chi connectivity index (χ0) is 18.8. The van der Waals surface area contributed by atoms with Crippen LogP contribution in [0.3, 0.4) is 0 Å². The van der Waals surface area contributed by atoms with Crippen molar-refractivity contribution in [2.24, 2.45) is 0 Å². The van der Waals surface area contributed by atoms with Gasteiger partial charge in [0.05, 0.1) is 16.5 Å². The number of rotatable bonds is 6. The van der Waals surface area contributed by atoms with Crippen molar-refractivity contribution in [1.82, 2.24) is 0 Å². The number of nitrogens with two attached hydrogens (primary N) is 1. The third-order valence-corrected chi connectivity index (χ3v) is 8.54. The molecule has 4 rings (SSSR count). The first kappa shape index (κ1) is 18.4. The predicted molar refractivity (Wildman–Crippen MR) is 121 cm³/mol. The van der Waals surface area contributed by atoms with Gasteiger partial charge in [-0.05, 0) is 46.7 Å². The van der Waals surface area contributed by atoms with Crippen molar-refractivity contribution in [1.29, 1.82) is 0 Å². The number of hydrogen-bond acceptors (Lipinski definition) is 4. The molecule has 0 saturated carbocycles. The first-order chi connectivity index (χ1) is 13.2. The molecule has 0 saturated heterocycles. The standard InChI is InChI=1S/C22H21NOS3/c1-2-3-12-27(24)22-21(23)20-17(15-8-5-4-6-9-15)13-16(14-19(20)26-22)18-10-7-11-25-18/h4-11,13-14H,2-3,12,23H2,1H3. The van der Waals surface area contributed by atoms with Crippen molar-refractivity contribution < 1.29 is 4.21 Å². The fourth-order valence-electron chi connectivity index (χ4n) is 3.20. The van der Waals surface area contributed by atoms with Crippen molar-refractivity contribution >= 4 is 49.2 Å². The smallest absolute Gasteiger partial charge is 0.115 e. The summed E-state index contributed by atoms with van der Waals surface area (Å²) < 4.78 is 14.7. The van der Waals surface area contributed by atoms with Crippen molar-refractivity contribution in [3.8, 4) is 21.6 Å². The minimum absolute atomic E-state index is 0.673. The topological polar surface area (TPSA) is 43.1 Å². The molecule has 0 radical (unpaired) electrons. The van der Waals surface area contributed by atoms with Crippen LogP contribution < -0.4 is 5.73 Å². The molecule has 0 bridgehead atoms. The largest absolute Gasteiger partial charge is 0.397 e. The van der Waals surface area contributed by atoms with E-state index in [4.69, 9.17) is 5.73 Å². The van der Waals surface area contributed by atoms with Gasteiger partial charge in [-0.15, -0.1) is 22.7 Å². The molecule has 2 heterocycles. The molecule has 2 aromatic heterocycles. The molecule has 2 N–H and O–H groups in total. The summed E-state index contributed by atoms with van der Waals surface area (Å²) in [7, 11) is -1.04. The molecule has 0 aliphatic rings. The predicted octanol–water partition coefficient (Wildman–Crippen LogP) is 6.79. The SMILES string of the molecule is CCCCS(=O)c1sc2cc(-c3cccs3)cc(-c3ccccc3)c2c1N. The molecule has 0 fully saturated rings. The molecule has 27 heavy (non-hydrogen) atoms. The second kappa shape index (κ2) is 7.97. The first-order valence-electron chi connectivity index (χ1n) is 9.02. The fourth-order valence-corrected chi connectivity index (χ4v) is 6.81. The molecule has 1 unspecified atom stereocenters. The van der Waals surface area contributed by atoms with Crippen LogP contribution in [0.25, 0.3) is 31.7 Å². The summed E-state index contributed by atoms with van der Waals surface area (Å²) in [6.07, 6.45) is 1.99. The summed E-state index contributed by atoms with van der Waals surface area (Å²) in [4.78, 5) is 1.23. The van der Waals surface area contributed by atoms with Crippen LogP contribution in [0.15, 0.2) is 64.2 Å². The monoisotopic (exact) mass is 411 g/mol. The highest BCUT2D eigenvalue weighted by atomic mass is 32.2. The van der Waals surface area contributed by atoms with Crippen LogP contribution in [0.1, 0.15) is 19.8 Å². The number of thiophene rings is 2. The Hall–Kier alpha value is -1.95. The van der Waals surface area contributed by atoms with E-state index in [0.717, 1.165) is 38.3 Å². The zero-order valence-electron chi connectivity index (χ0n) is 15.1. The Kier molecular flexibility index (Phi) is 5.43. The van der Waals surface area contributed by atoms with Gasteiger partial charge >= 0.3 is 0 Å². The van der Waals surface area contributed by atoms with E-state index < -0.39 is 10.8 Å². The molecule has 2 nitrogen and oxygen atoms in total. The maximum Gasteiger partial charge on any atom is 0.115 e. The van der Waals surface area contributed by atoms with E-state index in [1.54, 1.807) is 22.7 Å². The Bertz CT molecular complexity index is 1080. The van der Waals surface area contributed by atoms with Crippen molar-refractivity contribution in [2.75, 3.05) is 11.5 Å². The van der Waals surface area contributed by atoms with Gasteiger partial charge in [0.25, 0.3) is 0 Å². The molecule has 0 aliphatic carbocycles. The number of anilines is 1. The summed E-state index contributed by atoms with van der Waals surface area (Å²) in [5.74, 6) is 0.673. The van der Waals surface area contributed by atoms with Gasteiger partial charge in [0.2, 0.25) is 0 Å². The summed E-state index contributed by atoms with van der Waals surface area (Å²) >= 11 is 3.31. The maximum absolute atomic E-state index is 12.8. The van der Waals surface area contributed by atoms with E-state index in [-0.39, 0.29) is 0 Å². The quantitative estimate of drug-likeness (QED) is 0.380. The normalized spacial score (nSPS) is 12.5. The van der Waals surface area contributed by atoms with E-state index in [2.05, 4.69) is 48.7 Å². The lowest BCUT2D eigenvalue weighted by Crippen LogP contribution is -1.99. The van der Waals surface area contributed by atoms with Crippen LogP contribution >= 0.6 is 22.7 Å². The van der Waals surface area contributed by atoms with Crippen molar-refractivity contribution in [3.63, 3.8) is 0 Å². The molecule has 0 spiro atoms. The van der Waals surface area contributed by atoms with E-state index in [9.17, 15) is 4.21 Å². The van der Waals surface area contributed by atoms with Crippen LogP contribution in [-0.4, -0.2) is 9.96 Å². The molecule has 1 atom stereocenters. The minimum atomic E-state index is -1.04. The molecule has 2 aromatic carbocycles. The van der Waals surface area contributed by atoms with Crippen LogP contribution in [0, 0.1) is 0 Å². The number of fused-ring (bicyclic) bond motifs is 1. The summed E-state index contributed by atoms with van der Waals surface area (Å²) in [6, 6.07) is 18.9. The summed E-state index contributed by atoms with van der Waals surface area (Å²) in [5, 5.41) is 3.13. The molecule has 138 valence electrons. The molecule has 0 aliphatic heterocycles. The second-order valence-corrected chi connectivity index (χ2v) is 10.2. The average molecular weight is 412 g/mol. The van der Waals surface area contributed by atoms with Gasteiger partial charge in [0.15, 0.2) is 0 Å². The zero-order valence-corrected chi connectivity index (χ0v) is 17.6. The number of hydrogen-bond donors (Lipinski definition) is 1. The number of nitrogen functional groups attached to an aromatic ring is 1. The molecule has 4 aromatic rings. The van der Waals surface area contributed by atoms with Crippen molar-refractivity contribution in [2.45, 2.75) is 24.0 Å². The highest BCUT2D eigenvalue weighted by Gasteiger charge is 2.19. The Morgan fingerprint density at radius 1 is 1.04 bits per heavy atom. The number of unbranched alkanes of at least 4 members (excludes halogenated alkanes) is 1.